The molecule has 0 bridgehead atoms. The van der Waals surface area contributed by atoms with Crippen molar-refractivity contribution in [1.29, 1.82) is 0 Å². The lowest BCUT2D eigenvalue weighted by atomic mass is 10.3. The number of carbonyl (C=O) groups is 1. The van der Waals surface area contributed by atoms with Gasteiger partial charge in [-0.2, -0.15) is 0 Å². The lowest BCUT2D eigenvalue weighted by molar-refractivity contribution is -0.385. The molecule has 2 N–H and O–H groups in total. The molecule has 0 radical (unpaired) electrons. The Morgan fingerprint density at radius 2 is 2.16 bits per heavy atom. The highest BCUT2D eigenvalue weighted by atomic mass is 16.6. The van der Waals surface area contributed by atoms with Gasteiger partial charge in [-0.25, -0.2) is 0 Å². The molecule has 0 aliphatic carbocycles. The van der Waals surface area contributed by atoms with E-state index in [0.717, 1.165) is 0 Å². The molecule has 19 heavy (non-hydrogen) atoms. The molecule has 0 saturated heterocycles. The molecule has 1 atom stereocenters. The Morgan fingerprint density at radius 3 is 2.79 bits per heavy atom. The molecule has 7 heteroatoms. The van der Waals surface area contributed by atoms with Gasteiger partial charge in [-0.05, 0) is 20.0 Å². The van der Waals surface area contributed by atoms with Crippen LogP contribution in [0.4, 0.5) is 5.69 Å². The van der Waals surface area contributed by atoms with Gasteiger partial charge in [0.05, 0.1) is 4.92 Å². The van der Waals surface area contributed by atoms with Crippen LogP contribution in [0.25, 0.3) is 0 Å². The van der Waals surface area contributed by atoms with Crippen LogP contribution in [0.2, 0.25) is 0 Å². The molecule has 1 rings (SSSR count). The zero-order valence-electron chi connectivity index (χ0n) is 10.9. The van der Waals surface area contributed by atoms with E-state index in [1.54, 1.807) is 19.2 Å². The van der Waals surface area contributed by atoms with Gasteiger partial charge in [0.2, 0.25) is 0 Å². The van der Waals surface area contributed by atoms with E-state index >= 15 is 0 Å². The Morgan fingerprint density at radius 1 is 1.47 bits per heavy atom. The molecule has 0 heterocycles. The van der Waals surface area contributed by atoms with Crippen LogP contribution in [0.5, 0.6) is 5.75 Å². The Balaban J connectivity index is 2.48. The van der Waals surface area contributed by atoms with Crippen molar-refractivity contribution >= 4 is 11.6 Å². The highest BCUT2D eigenvalue weighted by molar-refractivity contribution is 5.77. The number of nitro groups is 1. The van der Waals surface area contributed by atoms with Crippen molar-refractivity contribution in [3.05, 3.63) is 34.4 Å². The van der Waals surface area contributed by atoms with E-state index in [9.17, 15) is 14.9 Å². The van der Waals surface area contributed by atoms with Crippen molar-refractivity contribution in [2.75, 3.05) is 20.2 Å². The zero-order valence-corrected chi connectivity index (χ0v) is 10.9. The molecule has 1 aromatic carbocycles. The van der Waals surface area contributed by atoms with Gasteiger partial charge < -0.3 is 15.4 Å². The van der Waals surface area contributed by atoms with E-state index in [4.69, 9.17) is 4.74 Å². The van der Waals surface area contributed by atoms with Crippen molar-refractivity contribution in [2.24, 2.45) is 0 Å². The molecule has 0 saturated carbocycles. The fourth-order valence-electron chi connectivity index (χ4n) is 1.29. The zero-order chi connectivity index (χ0) is 14.3. The highest BCUT2D eigenvalue weighted by Crippen LogP contribution is 2.25. The third-order valence-electron chi connectivity index (χ3n) is 2.52. The Kier molecular flexibility index (Phi) is 5.74. The van der Waals surface area contributed by atoms with Crippen LogP contribution in [0.3, 0.4) is 0 Å². The van der Waals surface area contributed by atoms with Gasteiger partial charge >= 0.3 is 5.69 Å². The number of ether oxygens (including phenoxy) is 1. The summed E-state index contributed by atoms with van der Waals surface area (Å²) in [6.45, 7) is 2.14. The third kappa shape index (κ3) is 4.92. The minimum absolute atomic E-state index is 0.0873. The number of hydrogen-bond donors (Lipinski definition) is 2. The summed E-state index contributed by atoms with van der Waals surface area (Å²) < 4.78 is 5.15. The van der Waals surface area contributed by atoms with Gasteiger partial charge in [0, 0.05) is 18.7 Å². The quantitative estimate of drug-likeness (QED) is 0.560. The van der Waals surface area contributed by atoms with Gasteiger partial charge in [-0.15, -0.1) is 0 Å². The van der Waals surface area contributed by atoms with E-state index < -0.39 is 4.92 Å². The second kappa shape index (κ2) is 7.32. The normalized spacial score (nSPS) is 11.7. The van der Waals surface area contributed by atoms with E-state index in [-0.39, 0.29) is 30.0 Å². The summed E-state index contributed by atoms with van der Waals surface area (Å²) in [5.41, 5.74) is -0.154. The first-order valence-corrected chi connectivity index (χ1v) is 5.84. The molecular weight excluding hydrogens is 250 g/mol. The Labute approximate surface area is 111 Å². The third-order valence-corrected chi connectivity index (χ3v) is 2.52. The maximum absolute atomic E-state index is 11.5. The van der Waals surface area contributed by atoms with Crippen molar-refractivity contribution < 1.29 is 14.5 Å². The molecule has 0 aromatic heterocycles. The lowest BCUT2D eigenvalue weighted by Gasteiger charge is -2.11. The number of rotatable bonds is 7. The number of nitro benzene ring substituents is 1. The largest absolute Gasteiger partial charge is 0.477 e. The first-order chi connectivity index (χ1) is 9.04. The SMILES string of the molecule is CNC(C)CNC(=O)COc1ccccc1[N+](=O)[O-]. The average Bonchev–Trinajstić information content (AvgIpc) is 2.42. The first kappa shape index (κ1) is 14.9. The number of benzene rings is 1. The van der Waals surface area contributed by atoms with Crippen LogP contribution in [-0.2, 0) is 4.79 Å². The number of amides is 1. The molecule has 7 nitrogen and oxygen atoms in total. The minimum atomic E-state index is -0.545. The van der Waals surface area contributed by atoms with E-state index in [2.05, 4.69) is 10.6 Å². The van der Waals surface area contributed by atoms with Gasteiger partial charge in [0.15, 0.2) is 12.4 Å². The second-order valence-corrected chi connectivity index (χ2v) is 4.01. The van der Waals surface area contributed by atoms with Crippen molar-refractivity contribution in [1.82, 2.24) is 10.6 Å². The summed E-state index contributed by atoms with van der Waals surface area (Å²) in [6.07, 6.45) is 0. The summed E-state index contributed by atoms with van der Waals surface area (Å²) in [5, 5.41) is 16.4. The van der Waals surface area contributed by atoms with E-state index in [1.807, 2.05) is 6.92 Å². The highest BCUT2D eigenvalue weighted by Gasteiger charge is 2.14. The van der Waals surface area contributed by atoms with Gasteiger partial charge in [0.25, 0.3) is 5.91 Å². The van der Waals surface area contributed by atoms with Crippen molar-refractivity contribution in [3.63, 3.8) is 0 Å². The number of para-hydroxylation sites is 2. The minimum Gasteiger partial charge on any atom is -0.477 e. The van der Waals surface area contributed by atoms with Crippen molar-refractivity contribution in [2.45, 2.75) is 13.0 Å². The average molecular weight is 267 g/mol. The Hall–Kier alpha value is -2.15. The number of hydrogen-bond acceptors (Lipinski definition) is 5. The summed E-state index contributed by atoms with van der Waals surface area (Å²) in [6, 6.07) is 6.09. The fraction of sp³-hybridized carbons (Fsp3) is 0.417. The van der Waals surface area contributed by atoms with Crippen LogP contribution in [0.15, 0.2) is 24.3 Å². The molecule has 0 fully saturated rings. The van der Waals surface area contributed by atoms with Gasteiger partial charge in [-0.1, -0.05) is 12.1 Å². The number of likely N-dealkylation sites (N-methyl/N-ethyl adjacent to an activating group) is 1. The monoisotopic (exact) mass is 267 g/mol. The molecule has 1 aromatic rings. The van der Waals surface area contributed by atoms with Crippen LogP contribution in [0, 0.1) is 10.1 Å². The number of carbonyl (C=O) groups excluding carboxylic acids is 1. The number of nitrogens with one attached hydrogen (secondary N) is 2. The van der Waals surface area contributed by atoms with Crippen LogP contribution < -0.4 is 15.4 Å². The predicted molar refractivity (Wildman–Crippen MR) is 70.1 cm³/mol. The standard InChI is InChI=1S/C12H17N3O4/c1-9(13-2)7-14-12(16)8-19-11-6-4-3-5-10(11)15(17)18/h3-6,9,13H,7-8H2,1-2H3,(H,14,16). The molecule has 0 spiro atoms. The molecular formula is C12H17N3O4. The second-order valence-electron chi connectivity index (χ2n) is 4.01. The lowest BCUT2D eigenvalue weighted by Crippen LogP contribution is -2.39. The van der Waals surface area contributed by atoms with Gasteiger partial charge in [-0.3, -0.25) is 14.9 Å². The summed E-state index contributed by atoms with van der Waals surface area (Å²) in [7, 11) is 1.79. The van der Waals surface area contributed by atoms with Crippen LogP contribution >= 0.6 is 0 Å². The summed E-state index contributed by atoms with van der Waals surface area (Å²) >= 11 is 0. The summed E-state index contributed by atoms with van der Waals surface area (Å²) in [4.78, 5) is 21.7. The fourth-order valence-corrected chi connectivity index (χ4v) is 1.29. The van der Waals surface area contributed by atoms with E-state index in [0.29, 0.717) is 6.54 Å². The van der Waals surface area contributed by atoms with Gasteiger partial charge in [0.1, 0.15) is 0 Å². The van der Waals surface area contributed by atoms with Crippen LogP contribution in [-0.4, -0.2) is 37.1 Å². The molecule has 1 unspecified atom stereocenters. The topological polar surface area (TPSA) is 93.5 Å². The van der Waals surface area contributed by atoms with E-state index in [1.165, 1.54) is 12.1 Å². The maximum atomic E-state index is 11.5. The first-order valence-electron chi connectivity index (χ1n) is 5.84. The molecule has 0 aliphatic rings. The number of nitrogens with zero attached hydrogens (tertiary/aromatic N) is 1. The van der Waals surface area contributed by atoms with Crippen LogP contribution in [0.1, 0.15) is 6.92 Å². The Bertz CT molecular complexity index is 450. The van der Waals surface area contributed by atoms with Crippen molar-refractivity contribution in [3.8, 4) is 5.75 Å². The predicted octanol–water partition coefficient (Wildman–Crippen LogP) is 0.698. The molecule has 104 valence electrons. The summed E-state index contributed by atoms with van der Waals surface area (Å²) in [5.74, 6) is -0.232. The molecule has 0 aliphatic heterocycles. The smallest absolute Gasteiger partial charge is 0.310 e. The maximum Gasteiger partial charge on any atom is 0.310 e. The molecule has 1 amide bonds.